The zero-order chi connectivity index (χ0) is 21.9. The van der Waals surface area contributed by atoms with E-state index in [-0.39, 0.29) is 5.91 Å². The lowest BCUT2D eigenvalue weighted by atomic mass is 9.85. The van der Waals surface area contributed by atoms with Crippen LogP contribution >= 0.6 is 0 Å². The number of carbonyl (C=O) groups is 1. The van der Waals surface area contributed by atoms with E-state index in [2.05, 4.69) is 33.4 Å². The van der Waals surface area contributed by atoms with Crippen molar-refractivity contribution >= 4 is 40.1 Å². The molecule has 0 aliphatic carbocycles. The van der Waals surface area contributed by atoms with Gasteiger partial charge in [-0.15, -0.1) is 0 Å². The molecule has 0 unspecified atom stereocenters. The summed E-state index contributed by atoms with van der Waals surface area (Å²) in [4.78, 5) is 29.7. The van der Waals surface area contributed by atoms with Gasteiger partial charge in [0.15, 0.2) is 0 Å². The van der Waals surface area contributed by atoms with Gasteiger partial charge in [-0.3, -0.25) is 4.79 Å². The third-order valence-corrected chi connectivity index (χ3v) is 6.32. The van der Waals surface area contributed by atoms with Crippen molar-refractivity contribution in [2.75, 3.05) is 48.5 Å². The fourth-order valence-corrected chi connectivity index (χ4v) is 4.68. The van der Waals surface area contributed by atoms with Gasteiger partial charge in [0, 0.05) is 31.5 Å². The number of carbonyl (C=O) groups excluding carboxylic acids is 1. The van der Waals surface area contributed by atoms with Crippen molar-refractivity contribution in [2.24, 2.45) is 0 Å². The quantitative estimate of drug-likeness (QED) is 0.675. The minimum absolute atomic E-state index is 0.114. The molecule has 0 bridgehead atoms. The van der Waals surface area contributed by atoms with Gasteiger partial charge in [0.25, 0.3) is 0 Å². The minimum atomic E-state index is -0.558. The molecule has 4 heterocycles. The van der Waals surface area contributed by atoms with Gasteiger partial charge in [0.1, 0.15) is 11.5 Å². The van der Waals surface area contributed by atoms with E-state index in [1.165, 1.54) is 0 Å². The number of nitrogens with one attached hydrogen (secondary N) is 2. The zero-order valence-electron chi connectivity index (χ0n) is 18.7. The number of aryl methyl sites for hydroxylation is 2. The summed E-state index contributed by atoms with van der Waals surface area (Å²) in [5.41, 5.74) is 5.29. The van der Waals surface area contributed by atoms with Crippen LogP contribution in [-0.2, 0) is 14.9 Å². The van der Waals surface area contributed by atoms with Crippen molar-refractivity contribution in [2.45, 2.75) is 33.1 Å². The molecule has 0 atom stereocenters. The van der Waals surface area contributed by atoms with Crippen molar-refractivity contribution in [1.29, 1.82) is 0 Å². The number of benzene rings is 1. The van der Waals surface area contributed by atoms with E-state index in [1.54, 1.807) is 4.90 Å². The summed E-state index contributed by atoms with van der Waals surface area (Å²) in [6.45, 7) is 10.9. The molecule has 2 N–H and O–H groups in total. The largest absolute Gasteiger partial charge is 0.378 e. The van der Waals surface area contributed by atoms with Gasteiger partial charge >= 0.3 is 0 Å². The number of anilines is 4. The highest BCUT2D eigenvalue weighted by atomic mass is 16.5. The summed E-state index contributed by atoms with van der Waals surface area (Å²) in [6.07, 6.45) is 0. The number of ether oxygens (including phenoxy) is 1. The van der Waals surface area contributed by atoms with Crippen LogP contribution in [0.15, 0.2) is 18.2 Å². The summed E-state index contributed by atoms with van der Waals surface area (Å²) < 4.78 is 5.48. The monoisotopic (exact) mass is 420 g/mol. The highest BCUT2D eigenvalue weighted by Crippen LogP contribution is 2.44. The number of fused-ring (bicyclic) bond motifs is 2. The van der Waals surface area contributed by atoms with Crippen LogP contribution in [0.1, 0.15) is 30.7 Å². The van der Waals surface area contributed by atoms with Gasteiger partial charge in [0.2, 0.25) is 11.9 Å². The number of H-pyrrole nitrogens is 1. The Labute approximate surface area is 181 Å². The summed E-state index contributed by atoms with van der Waals surface area (Å²) in [5.74, 6) is 1.56. The van der Waals surface area contributed by atoms with E-state index in [9.17, 15) is 4.79 Å². The number of morpholine rings is 1. The Kier molecular flexibility index (Phi) is 4.44. The zero-order valence-corrected chi connectivity index (χ0v) is 18.7. The first-order valence-electron chi connectivity index (χ1n) is 10.7. The second kappa shape index (κ2) is 6.95. The fourth-order valence-electron chi connectivity index (χ4n) is 4.68. The van der Waals surface area contributed by atoms with Crippen molar-refractivity contribution in [3.63, 3.8) is 0 Å². The van der Waals surface area contributed by atoms with Crippen LogP contribution in [0.3, 0.4) is 0 Å². The van der Waals surface area contributed by atoms with Gasteiger partial charge in [-0.05, 0) is 57.0 Å². The number of aromatic amines is 1. The number of aromatic nitrogens is 3. The highest BCUT2D eigenvalue weighted by Gasteiger charge is 2.43. The molecule has 31 heavy (non-hydrogen) atoms. The van der Waals surface area contributed by atoms with Gasteiger partial charge in [-0.2, -0.15) is 9.97 Å². The van der Waals surface area contributed by atoms with Crippen molar-refractivity contribution in [1.82, 2.24) is 15.0 Å². The first kappa shape index (κ1) is 19.8. The van der Waals surface area contributed by atoms with E-state index in [1.807, 2.05) is 34.7 Å². The fraction of sp³-hybridized carbons (Fsp3) is 0.435. The standard InChI is InChI=1S/C23H28N6O2/c1-13-10-15(12-17-18(13)28(5)21(30)23(17,3)4)25-20-16-11-14(2)24-19(16)26-22(27-20)29-6-8-31-9-7-29/h10-12H,6-9H2,1-5H3,(H2,24,25,26,27). The van der Waals surface area contributed by atoms with Crippen LogP contribution < -0.4 is 15.1 Å². The first-order valence-corrected chi connectivity index (χ1v) is 10.7. The molecule has 1 amide bonds. The topological polar surface area (TPSA) is 86.4 Å². The summed E-state index contributed by atoms with van der Waals surface area (Å²) in [7, 11) is 1.85. The predicted molar refractivity (Wildman–Crippen MR) is 123 cm³/mol. The van der Waals surface area contributed by atoms with Crippen LogP contribution in [0.2, 0.25) is 0 Å². The SMILES string of the molecule is Cc1cc2c(Nc3cc(C)c4c(c3)C(C)(C)C(=O)N4C)nc(N3CCOCC3)nc2[nH]1. The average molecular weight is 421 g/mol. The molecule has 0 radical (unpaired) electrons. The van der Waals surface area contributed by atoms with Crippen molar-refractivity contribution in [3.05, 3.63) is 35.0 Å². The molecule has 0 spiro atoms. The molecule has 0 saturated carbocycles. The number of hydrogen-bond donors (Lipinski definition) is 2. The van der Waals surface area contributed by atoms with Gasteiger partial charge in [-0.25, -0.2) is 0 Å². The first-order chi connectivity index (χ1) is 14.8. The van der Waals surface area contributed by atoms with E-state index in [0.717, 1.165) is 58.1 Å². The lowest BCUT2D eigenvalue weighted by Crippen LogP contribution is -2.37. The Hall–Kier alpha value is -3.13. The smallest absolute Gasteiger partial charge is 0.236 e. The molecule has 2 aliphatic heterocycles. The Morgan fingerprint density at radius 1 is 1.13 bits per heavy atom. The van der Waals surface area contributed by atoms with Crippen LogP contribution in [0.4, 0.5) is 23.1 Å². The van der Waals surface area contributed by atoms with Crippen LogP contribution in [0.25, 0.3) is 11.0 Å². The molecule has 3 aromatic rings. The van der Waals surface area contributed by atoms with E-state index in [4.69, 9.17) is 14.7 Å². The maximum absolute atomic E-state index is 12.8. The van der Waals surface area contributed by atoms with Crippen LogP contribution in [0.5, 0.6) is 0 Å². The Morgan fingerprint density at radius 3 is 2.61 bits per heavy atom. The maximum atomic E-state index is 12.8. The van der Waals surface area contributed by atoms with Crippen molar-refractivity contribution in [3.8, 4) is 0 Å². The molecular weight excluding hydrogens is 392 g/mol. The Morgan fingerprint density at radius 2 is 1.87 bits per heavy atom. The molecule has 1 fully saturated rings. The predicted octanol–water partition coefficient (Wildman–Crippen LogP) is 3.41. The molecule has 8 nitrogen and oxygen atoms in total. The second-order valence-electron chi connectivity index (χ2n) is 8.99. The highest BCUT2D eigenvalue weighted by molar-refractivity contribution is 6.08. The van der Waals surface area contributed by atoms with Gasteiger partial charge in [-0.1, -0.05) is 0 Å². The summed E-state index contributed by atoms with van der Waals surface area (Å²) in [5, 5.41) is 4.46. The number of nitrogens with zero attached hydrogens (tertiary/aromatic N) is 4. The number of likely N-dealkylation sites (N-methyl/N-ethyl adjacent to an activating group) is 1. The summed E-state index contributed by atoms with van der Waals surface area (Å²) >= 11 is 0. The Bertz CT molecular complexity index is 1190. The molecule has 1 aromatic carbocycles. The molecule has 1 saturated heterocycles. The van der Waals surface area contributed by atoms with Gasteiger partial charge in [0.05, 0.1) is 29.7 Å². The van der Waals surface area contributed by atoms with Crippen LogP contribution in [-0.4, -0.2) is 54.2 Å². The Balaban J connectivity index is 1.59. The maximum Gasteiger partial charge on any atom is 0.236 e. The van der Waals surface area contributed by atoms with E-state index < -0.39 is 5.41 Å². The molecule has 5 rings (SSSR count). The molecule has 162 valence electrons. The number of hydrogen-bond acceptors (Lipinski definition) is 6. The van der Waals surface area contributed by atoms with E-state index >= 15 is 0 Å². The number of amides is 1. The lowest BCUT2D eigenvalue weighted by molar-refractivity contribution is -0.121. The minimum Gasteiger partial charge on any atom is -0.378 e. The van der Waals surface area contributed by atoms with Crippen molar-refractivity contribution < 1.29 is 9.53 Å². The molecule has 2 aliphatic rings. The van der Waals surface area contributed by atoms with Crippen LogP contribution in [0, 0.1) is 13.8 Å². The molecule has 8 heteroatoms. The lowest BCUT2D eigenvalue weighted by Gasteiger charge is -2.27. The average Bonchev–Trinajstić information content (AvgIpc) is 3.20. The normalized spacial score (nSPS) is 18.0. The molecule has 2 aromatic heterocycles. The third kappa shape index (κ3) is 3.13. The second-order valence-corrected chi connectivity index (χ2v) is 8.99. The van der Waals surface area contributed by atoms with E-state index in [0.29, 0.717) is 19.2 Å². The molecular formula is C23H28N6O2. The number of rotatable bonds is 3. The summed E-state index contributed by atoms with van der Waals surface area (Å²) in [6, 6.07) is 6.21. The third-order valence-electron chi connectivity index (χ3n) is 6.32. The van der Waals surface area contributed by atoms with Gasteiger partial charge < -0.3 is 24.8 Å².